The second kappa shape index (κ2) is 9.62. The molecule has 0 saturated heterocycles. The molecule has 1 saturated carbocycles. The molecule has 43 heavy (non-hydrogen) atoms. The van der Waals surface area contributed by atoms with Gasteiger partial charge in [0.25, 0.3) is 5.91 Å². The first-order chi connectivity index (χ1) is 19.9. The van der Waals surface area contributed by atoms with E-state index in [1.807, 2.05) is 6.07 Å². The summed E-state index contributed by atoms with van der Waals surface area (Å²) in [6.45, 7) is 6.83. The summed E-state index contributed by atoms with van der Waals surface area (Å²) in [5.41, 5.74) is 0.987. The summed E-state index contributed by atoms with van der Waals surface area (Å²) >= 11 is 0. The smallest absolute Gasteiger partial charge is 0.255 e. The van der Waals surface area contributed by atoms with Crippen molar-refractivity contribution in [3.8, 4) is 16.9 Å². The van der Waals surface area contributed by atoms with E-state index in [4.69, 9.17) is 5.73 Å². The second-order valence-electron chi connectivity index (χ2n) is 13.0. The molecule has 0 unspecified atom stereocenters. The predicted octanol–water partition coefficient (Wildman–Crippen LogP) is 3.25. The van der Waals surface area contributed by atoms with Crippen LogP contribution in [-0.4, -0.2) is 74.3 Å². The molecule has 4 atom stereocenters. The van der Waals surface area contributed by atoms with Crippen LogP contribution in [0.4, 0.5) is 0 Å². The van der Waals surface area contributed by atoms with Crippen molar-refractivity contribution in [3.05, 3.63) is 70.0 Å². The number of phenolic OH excluding ortho intramolecular Hbond substituents is 1. The number of ketones is 3. The minimum absolute atomic E-state index is 0.0132. The van der Waals surface area contributed by atoms with Crippen molar-refractivity contribution in [1.29, 1.82) is 0 Å². The molecular weight excluding hydrogens is 552 g/mol. The van der Waals surface area contributed by atoms with E-state index in [9.17, 15) is 39.6 Å². The van der Waals surface area contributed by atoms with E-state index >= 15 is 0 Å². The normalized spacial score (nSPS) is 28.6. The molecule has 1 amide bonds. The Morgan fingerprint density at radius 3 is 2.28 bits per heavy atom. The minimum atomic E-state index is -2.78. The third kappa shape index (κ3) is 3.93. The average molecular weight is 589 g/mol. The predicted molar refractivity (Wildman–Crippen MR) is 158 cm³/mol. The Labute approximate surface area is 249 Å². The highest BCUT2D eigenvalue weighted by Crippen LogP contribution is 2.63. The number of nitrogens with two attached hydrogens (primary N) is 1. The Balaban J connectivity index is 1.79. The Morgan fingerprint density at radius 2 is 1.70 bits per heavy atom. The van der Waals surface area contributed by atoms with Crippen molar-refractivity contribution in [3.63, 3.8) is 0 Å². The zero-order chi connectivity index (χ0) is 32.0. The molecule has 0 aliphatic heterocycles. The number of hydrogen-bond acceptors (Lipinski definition) is 9. The van der Waals surface area contributed by atoms with Crippen LogP contribution in [0.2, 0.25) is 0 Å². The summed E-state index contributed by atoms with van der Waals surface area (Å²) in [5.74, 6) is -5.51. The van der Waals surface area contributed by atoms with Crippen molar-refractivity contribution < 1.29 is 39.6 Å². The number of amides is 1. The second-order valence-corrected chi connectivity index (χ2v) is 13.0. The number of fused-ring (bicyclic) bond motifs is 3. The molecule has 0 aromatic heterocycles. The lowest BCUT2D eigenvalue weighted by molar-refractivity contribution is -0.175. The molecule has 3 aliphatic carbocycles. The van der Waals surface area contributed by atoms with E-state index in [-0.39, 0.29) is 41.4 Å². The van der Waals surface area contributed by atoms with Crippen molar-refractivity contribution in [2.24, 2.45) is 22.5 Å². The first kappa shape index (κ1) is 30.2. The average Bonchev–Trinajstić information content (AvgIpc) is 2.90. The number of likely N-dealkylation sites (N-methyl/N-ethyl adjacent to an activating group) is 1. The number of hydrogen-bond donors (Lipinski definition) is 5. The van der Waals surface area contributed by atoms with Gasteiger partial charge in [0.1, 0.15) is 22.8 Å². The number of aliphatic hydroxyl groups is 3. The van der Waals surface area contributed by atoms with E-state index in [0.29, 0.717) is 22.3 Å². The molecule has 10 nitrogen and oxygen atoms in total. The van der Waals surface area contributed by atoms with Crippen LogP contribution < -0.4 is 5.73 Å². The molecule has 0 heterocycles. The lowest BCUT2D eigenvalue weighted by Crippen LogP contribution is -2.72. The number of carbonyl (C=O) groups is 4. The quantitative estimate of drug-likeness (QED) is 0.259. The Hall–Kier alpha value is -4.28. The Kier molecular flexibility index (Phi) is 6.75. The molecule has 226 valence electrons. The van der Waals surface area contributed by atoms with Gasteiger partial charge in [-0.15, -0.1) is 0 Å². The number of rotatable bonds is 5. The molecule has 2 aromatic carbocycles. The maximum atomic E-state index is 14.4. The monoisotopic (exact) mass is 588 g/mol. The van der Waals surface area contributed by atoms with Crippen LogP contribution in [-0.2, 0) is 20.8 Å². The summed E-state index contributed by atoms with van der Waals surface area (Å²) < 4.78 is 0. The molecule has 1 fully saturated rings. The molecular formula is C33H36N2O8. The fraction of sp³-hybridized carbons (Fsp3) is 0.394. The van der Waals surface area contributed by atoms with Crippen molar-refractivity contribution in [1.82, 2.24) is 4.90 Å². The van der Waals surface area contributed by atoms with Gasteiger partial charge >= 0.3 is 0 Å². The number of nitrogens with zero attached hydrogens (tertiary/aromatic N) is 1. The fourth-order valence-corrected chi connectivity index (χ4v) is 7.77. The van der Waals surface area contributed by atoms with E-state index < -0.39 is 57.0 Å². The van der Waals surface area contributed by atoms with Crippen molar-refractivity contribution >= 4 is 29.0 Å². The van der Waals surface area contributed by atoms with Gasteiger partial charge in [0, 0.05) is 27.9 Å². The van der Waals surface area contributed by atoms with E-state index in [0.717, 1.165) is 0 Å². The Bertz CT molecular complexity index is 1700. The van der Waals surface area contributed by atoms with Crippen LogP contribution >= 0.6 is 0 Å². The number of benzene rings is 2. The van der Waals surface area contributed by atoms with Gasteiger partial charge in [-0.25, -0.2) is 0 Å². The maximum absolute atomic E-state index is 14.4. The molecule has 5 rings (SSSR count). The summed E-state index contributed by atoms with van der Waals surface area (Å²) in [5, 5.41) is 46.0. The van der Waals surface area contributed by atoms with Gasteiger partial charge < -0.3 is 26.2 Å². The lowest BCUT2D eigenvalue weighted by Gasteiger charge is -2.59. The third-order valence-corrected chi connectivity index (χ3v) is 9.50. The van der Waals surface area contributed by atoms with Crippen molar-refractivity contribution in [2.75, 3.05) is 14.1 Å². The molecule has 2 aromatic rings. The fourth-order valence-electron chi connectivity index (χ4n) is 7.77. The standard InChI is InChI=1S/C33H36N2O8/c1-15(2)24(37)17-9-7-8-16(12-17)18-10-11-20(36)21-19(18)13-31(3)14-32(4)27(35(5)6)26(39)22(30(34)42)28(40)33(32,43)29(41)23(31)25(21)38/h7-12,15,27,36,38,40,43H,13-14H2,1-6H3,(H2,34,42)/t27-,31+,32+,33-/m1/s1. The topological polar surface area (TPSA) is 178 Å². The van der Waals surface area contributed by atoms with Crippen LogP contribution in [0.3, 0.4) is 0 Å². The van der Waals surface area contributed by atoms with Crippen molar-refractivity contribution in [2.45, 2.75) is 52.2 Å². The largest absolute Gasteiger partial charge is 0.508 e. The lowest BCUT2D eigenvalue weighted by atomic mass is 9.46. The molecule has 6 N–H and O–H groups in total. The molecule has 0 radical (unpaired) electrons. The summed E-state index contributed by atoms with van der Waals surface area (Å²) in [6, 6.07) is 8.85. The van der Waals surface area contributed by atoms with Gasteiger partial charge in [-0.2, -0.15) is 0 Å². The highest BCUT2D eigenvalue weighted by Gasteiger charge is 2.72. The zero-order valence-corrected chi connectivity index (χ0v) is 25.0. The number of aliphatic hydroxyl groups excluding tert-OH is 2. The number of Topliss-reactive ketones (excluding diaryl/α,β-unsaturated/α-hetero) is 3. The highest BCUT2D eigenvalue weighted by molar-refractivity contribution is 6.25. The maximum Gasteiger partial charge on any atom is 0.255 e. The summed E-state index contributed by atoms with van der Waals surface area (Å²) in [4.78, 5) is 54.5. The van der Waals surface area contributed by atoms with Gasteiger partial charge in [0.2, 0.25) is 5.78 Å². The number of aromatic hydroxyl groups is 1. The number of primary amides is 1. The first-order valence-corrected chi connectivity index (χ1v) is 14.1. The van der Waals surface area contributed by atoms with Crippen LogP contribution in [0, 0.1) is 16.7 Å². The molecule has 10 heteroatoms. The van der Waals surface area contributed by atoms with Crippen LogP contribution in [0.5, 0.6) is 5.75 Å². The summed E-state index contributed by atoms with van der Waals surface area (Å²) in [7, 11) is 3.12. The first-order valence-electron chi connectivity index (χ1n) is 14.1. The van der Waals surface area contributed by atoms with Gasteiger partial charge in [0.15, 0.2) is 17.2 Å². The van der Waals surface area contributed by atoms with Gasteiger partial charge in [-0.05, 0) is 55.8 Å². The molecule has 0 spiro atoms. The van der Waals surface area contributed by atoms with E-state index in [2.05, 4.69) is 0 Å². The summed E-state index contributed by atoms with van der Waals surface area (Å²) in [6.07, 6.45) is 0.0272. The van der Waals surface area contributed by atoms with Crippen LogP contribution in [0.15, 0.2) is 53.3 Å². The van der Waals surface area contributed by atoms with Gasteiger partial charge in [0.05, 0.1) is 11.6 Å². The number of carbonyl (C=O) groups excluding carboxylic acids is 4. The van der Waals surface area contributed by atoms with Gasteiger partial charge in [-0.1, -0.05) is 52.0 Å². The SMILES string of the molecule is CC(C)C(=O)c1cccc(-c2ccc(O)c3c2C[C@@]2(C)C[C@@]4(C)[C@H](N(C)C)C(=O)C(C(N)=O)=C(O)[C@@]4(O)C(=O)C2=C3O)c1. The minimum Gasteiger partial charge on any atom is -0.508 e. The highest BCUT2D eigenvalue weighted by atomic mass is 16.3. The van der Waals surface area contributed by atoms with Gasteiger partial charge in [-0.3, -0.25) is 24.1 Å². The van der Waals surface area contributed by atoms with E-state index in [1.54, 1.807) is 59.1 Å². The molecule has 3 aliphatic rings. The molecule has 0 bridgehead atoms. The number of phenols is 1. The third-order valence-electron chi connectivity index (χ3n) is 9.50. The van der Waals surface area contributed by atoms with E-state index in [1.165, 1.54) is 17.9 Å². The Morgan fingerprint density at radius 1 is 1.05 bits per heavy atom. The zero-order valence-electron chi connectivity index (χ0n) is 25.0. The van der Waals surface area contributed by atoms with Crippen LogP contribution in [0.25, 0.3) is 16.9 Å². The van der Waals surface area contributed by atoms with Crippen LogP contribution in [0.1, 0.15) is 55.6 Å².